The number of hydrogen-bond acceptors (Lipinski definition) is 9. The summed E-state index contributed by atoms with van der Waals surface area (Å²) in [6.07, 6.45) is -5.37. The summed E-state index contributed by atoms with van der Waals surface area (Å²) in [6, 6.07) is 16.7. The fourth-order valence-corrected chi connectivity index (χ4v) is 5.01. The van der Waals surface area contributed by atoms with E-state index in [1.165, 1.54) is 24.3 Å². The molecule has 260 valence electrons. The van der Waals surface area contributed by atoms with Crippen LogP contribution in [0.5, 0.6) is 0 Å². The zero-order valence-electron chi connectivity index (χ0n) is 26.1. The van der Waals surface area contributed by atoms with Crippen LogP contribution in [0.3, 0.4) is 0 Å². The molecule has 0 unspecified atom stereocenters. The molecule has 5 rings (SSSR count). The Morgan fingerprint density at radius 3 is 2.26 bits per heavy atom. The first-order valence-electron chi connectivity index (χ1n) is 14.9. The minimum absolute atomic E-state index is 0.00658. The number of aromatic nitrogens is 3. The molecule has 0 bridgehead atoms. The highest BCUT2D eigenvalue weighted by Gasteiger charge is 2.43. The van der Waals surface area contributed by atoms with Crippen molar-refractivity contribution in [2.45, 2.75) is 25.6 Å². The van der Waals surface area contributed by atoms with Gasteiger partial charge in [-0.1, -0.05) is 42.5 Å². The van der Waals surface area contributed by atoms with Crippen LogP contribution < -0.4 is 10.9 Å². The predicted octanol–water partition coefficient (Wildman–Crippen LogP) is 4.50. The summed E-state index contributed by atoms with van der Waals surface area (Å²) >= 11 is 0. The van der Waals surface area contributed by atoms with Gasteiger partial charge in [-0.3, -0.25) is 14.2 Å². The monoisotopic (exact) mass is 697 g/mol. The number of nitrogens with one attached hydrogen (secondary N) is 1. The van der Waals surface area contributed by atoms with E-state index in [2.05, 4.69) is 20.1 Å². The van der Waals surface area contributed by atoms with Crippen molar-refractivity contribution in [1.29, 1.82) is 0 Å². The molecule has 3 N–H and O–H groups in total. The molecule has 3 aromatic carbocycles. The molecular formula is C34H28F5N5O6. The van der Waals surface area contributed by atoms with E-state index < -0.39 is 66.7 Å². The van der Waals surface area contributed by atoms with Crippen LogP contribution in [0.2, 0.25) is 0 Å². The van der Waals surface area contributed by atoms with Gasteiger partial charge in [0.2, 0.25) is 5.95 Å². The molecule has 0 fully saturated rings. The zero-order valence-corrected chi connectivity index (χ0v) is 26.1. The number of nitrogens with zero attached hydrogens (tertiary/aromatic N) is 4. The number of anilines is 1. The van der Waals surface area contributed by atoms with Crippen LogP contribution in [0.15, 0.2) is 83.7 Å². The minimum Gasteiger partial charge on any atom is -0.394 e. The van der Waals surface area contributed by atoms with Crippen molar-refractivity contribution in [1.82, 2.24) is 19.6 Å². The normalized spacial score (nSPS) is 11.5. The highest BCUT2D eigenvalue weighted by atomic mass is 19.4. The van der Waals surface area contributed by atoms with Crippen LogP contribution >= 0.6 is 0 Å². The Labute approximate surface area is 280 Å². The highest BCUT2D eigenvalue weighted by Crippen LogP contribution is 2.32. The largest absolute Gasteiger partial charge is 0.493 e. The van der Waals surface area contributed by atoms with E-state index >= 15 is 8.78 Å². The Hall–Kier alpha value is -5.74. The molecule has 5 aromatic rings. The van der Waals surface area contributed by atoms with E-state index in [0.717, 1.165) is 24.3 Å². The summed E-state index contributed by atoms with van der Waals surface area (Å²) in [7, 11) is 0. The van der Waals surface area contributed by atoms with Gasteiger partial charge in [-0.25, -0.2) is 18.6 Å². The summed E-state index contributed by atoms with van der Waals surface area (Å²) in [5.74, 6) is -6.19. The first-order chi connectivity index (χ1) is 23.8. The SMILES string of the molecule is Cc1ccc(C(=O)N(CCc2ccccc2)OC(=O)C(F)(F)F)cc1-c1nc(NC(CO)CO)nc2c1ccc(=O)n2-c1c(F)cccc1F. The van der Waals surface area contributed by atoms with Crippen LogP contribution in [-0.4, -0.2) is 73.7 Å². The quantitative estimate of drug-likeness (QED) is 0.142. The standard InChI is InChI=1S/C34H28F5N5O6/c1-19-10-11-21(31(48)43(50-32(49)34(37,38)39)15-14-20-6-3-2-4-7-20)16-24(19)28-23-12-13-27(47)44(29-25(35)8-5-9-26(29)36)30(23)42-33(41-28)40-22(17-45)18-46/h2-13,16,22,45-46H,14-15,17-18H2,1H3,(H,40,41,42). The van der Waals surface area contributed by atoms with E-state index in [0.29, 0.717) is 20.8 Å². The van der Waals surface area contributed by atoms with Gasteiger partial charge in [0.1, 0.15) is 17.3 Å². The van der Waals surface area contributed by atoms with Crippen molar-refractivity contribution in [2.75, 3.05) is 25.1 Å². The predicted molar refractivity (Wildman–Crippen MR) is 170 cm³/mol. The summed E-state index contributed by atoms with van der Waals surface area (Å²) in [4.78, 5) is 51.9. The van der Waals surface area contributed by atoms with E-state index in [9.17, 15) is 37.8 Å². The van der Waals surface area contributed by atoms with Gasteiger partial charge in [0.05, 0.1) is 31.5 Å². The molecule has 0 aliphatic heterocycles. The first-order valence-corrected chi connectivity index (χ1v) is 14.9. The lowest BCUT2D eigenvalue weighted by atomic mass is 9.99. The summed E-state index contributed by atoms with van der Waals surface area (Å²) in [6.45, 7) is -0.00858. The van der Waals surface area contributed by atoms with Crippen LogP contribution in [-0.2, 0) is 16.1 Å². The number of hydrogen-bond donors (Lipinski definition) is 3. The van der Waals surface area contributed by atoms with Gasteiger partial charge < -0.3 is 20.4 Å². The second kappa shape index (κ2) is 14.8. The molecule has 11 nitrogen and oxygen atoms in total. The number of fused-ring (bicyclic) bond motifs is 1. The van der Waals surface area contributed by atoms with Crippen molar-refractivity contribution in [2.24, 2.45) is 0 Å². The molecule has 0 radical (unpaired) electrons. The fraction of sp³-hybridized carbons (Fsp3) is 0.206. The number of para-hydroxylation sites is 1. The van der Waals surface area contributed by atoms with Crippen LogP contribution in [0.1, 0.15) is 21.5 Å². The number of aliphatic hydroxyl groups excluding tert-OH is 2. The van der Waals surface area contributed by atoms with Gasteiger partial charge in [0, 0.05) is 22.6 Å². The smallest absolute Gasteiger partial charge is 0.394 e. The van der Waals surface area contributed by atoms with Gasteiger partial charge in [-0.15, -0.1) is 0 Å². The van der Waals surface area contributed by atoms with Crippen LogP contribution in [0, 0.1) is 18.6 Å². The van der Waals surface area contributed by atoms with Gasteiger partial charge >= 0.3 is 12.1 Å². The Balaban J connectivity index is 1.68. The molecule has 50 heavy (non-hydrogen) atoms. The van der Waals surface area contributed by atoms with Crippen molar-refractivity contribution in [3.8, 4) is 16.9 Å². The number of benzene rings is 3. The second-order valence-corrected chi connectivity index (χ2v) is 11.0. The maximum absolute atomic E-state index is 15.0. The third-order valence-electron chi connectivity index (χ3n) is 7.52. The first kappa shape index (κ1) is 35.6. The average molecular weight is 698 g/mol. The van der Waals surface area contributed by atoms with Crippen molar-refractivity contribution in [3.63, 3.8) is 0 Å². The average Bonchev–Trinajstić information content (AvgIpc) is 3.09. The van der Waals surface area contributed by atoms with E-state index in [-0.39, 0.29) is 40.2 Å². The Morgan fingerprint density at radius 2 is 1.62 bits per heavy atom. The molecule has 16 heteroatoms. The molecule has 2 aromatic heterocycles. The van der Waals surface area contributed by atoms with Crippen molar-refractivity contribution < 1.29 is 46.6 Å². The number of rotatable bonds is 10. The molecule has 0 aliphatic carbocycles. The number of alkyl halides is 3. The number of amides is 1. The van der Waals surface area contributed by atoms with Crippen LogP contribution in [0.25, 0.3) is 28.0 Å². The molecule has 0 atom stereocenters. The minimum atomic E-state index is -5.40. The molecule has 0 saturated carbocycles. The van der Waals surface area contributed by atoms with Gasteiger partial charge in [-0.2, -0.15) is 23.2 Å². The maximum atomic E-state index is 15.0. The Morgan fingerprint density at radius 1 is 0.940 bits per heavy atom. The molecular weight excluding hydrogens is 669 g/mol. The van der Waals surface area contributed by atoms with Gasteiger partial charge in [0.25, 0.3) is 11.5 Å². The number of aryl methyl sites for hydroxylation is 1. The third kappa shape index (κ3) is 7.61. The fourth-order valence-electron chi connectivity index (χ4n) is 5.01. The summed E-state index contributed by atoms with van der Waals surface area (Å²) in [5, 5.41) is 22.4. The second-order valence-electron chi connectivity index (χ2n) is 11.0. The number of aliphatic hydroxyl groups is 2. The van der Waals surface area contributed by atoms with Gasteiger partial charge in [-0.05, 0) is 54.8 Å². The van der Waals surface area contributed by atoms with Gasteiger partial charge in [0.15, 0.2) is 5.65 Å². The number of pyridine rings is 1. The summed E-state index contributed by atoms with van der Waals surface area (Å²) in [5.41, 5.74) is -0.901. The van der Waals surface area contributed by atoms with Crippen molar-refractivity contribution in [3.05, 3.63) is 118 Å². The lowest BCUT2D eigenvalue weighted by Gasteiger charge is -2.22. The number of halogens is 5. The maximum Gasteiger partial charge on any atom is 0.493 e. The topological polar surface area (TPSA) is 147 Å². The molecule has 2 heterocycles. The number of hydroxylamine groups is 2. The lowest BCUT2D eigenvalue weighted by molar-refractivity contribution is -0.228. The number of carbonyl (C=O) groups excluding carboxylic acids is 2. The Kier molecular flexibility index (Phi) is 10.5. The van der Waals surface area contributed by atoms with Crippen molar-refractivity contribution >= 4 is 28.9 Å². The van der Waals surface area contributed by atoms with E-state index in [4.69, 9.17) is 0 Å². The van der Waals surface area contributed by atoms with E-state index in [1.807, 2.05) is 0 Å². The molecule has 0 saturated heterocycles. The lowest BCUT2D eigenvalue weighted by Crippen LogP contribution is -2.39. The number of carbonyl (C=O) groups is 2. The Bertz CT molecular complexity index is 2090. The molecule has 1 amide bonds. The van der Waals surface area contributed by atoms with E-state index in [1.54, 1.807) is 37.3 Å². The molecule has 0 aliphatic rings. The highest BCUT2D eigenvalue weighted by molar-refractivity contribution is 5.98. The van der Waals surface area contributed by atoms with Crippen LogP contribution in [0.4, 0.5) is 27.9 Å². The summed E-state index contributed by atoms with van der Waals surface area (Å²) < 4.78 is 70.3. The molecule has 0 spiro atoms. The third-order valence-corrected chi connectivity index (χ3v) is 7.52. The zero-order chi connectivity index (χ0) is 36.2.